The molecule has 1 saturated heterocycles. The SMILES string of the molecule is CN1CCC(C(=O)NO)(S(=O)(=O)c2ccc(Oc3ccc(SC(F)(F)F)cc3)cc2)CC1. The number of amides is 1. The molecule has 2 aromatic rings. The van der Waals surface area contributed by atoms with Crippen LogP contribution in [0.25, 0.3) is 0 Å². The van der Waals surface area contributed by atoms with Crippen molar-refractivity contribution >= 4 is 27.5 Å². The van der Waals surface area contributed by atoms with Gasteiger partial charge in [0, 0.05) is 4.90 Å². The van der Waals surface area contributed by atoms with Crippen LogP contribution in [0.4, 0.5) is 13.2 Å². The molecule has 12 heteroatoms. The number of likely N-dealkylation sites (tertiary alicyclic amines) is 1. The molecule has 1 aliphatic rings. The number of thioether (sulfide) groups is 1. The number of carbonyl (C=O) groups excluding carboxylic acids is 1. The summed E-state index contributed by atoms with van der Waals surface area (Å²) in [5.74, 6) is -0.425. The van der Waals surface area contributed by atoms with E-state index in [1.54, 1.807) is 0 Å². The van der Waals surface area contributed by atoms with Gasteiger partial charge >= 0.3 is 5.51 Å². The van der Waals surface area contributed by atoms with Crippen LogP contribution in [-0.2, 0) is 14.6 Å². The lowest BCUT2D eigenvalue weighted by Gasteiger charge is -2.38. The van der Waals surface area contributed by atoms with Crippen LogP contribution in [0.2, 0.25) is 0 Å². The Morgan fingerprint density at radius 2 is 1.56 bits per heavy atom. The Hall–Kier alpha value is -2.28. The summed E-state index contributed by atoms with van der Waals surface area (Å²) >= 11 is -0.238. The van der Waals surface area contributed by atoms with E-state index < -0.39 is 26.0 Å². The van der Waals surface area contributed by atoms with Gasteiger partial charge in [0.1, 0.15) is 11.5 Å². The number of hydrogen-bond donors (Lipinski definition) is 2. The molecule has 0 saturated carbocycles. The highest BCUT2D eigenvalue weighted by Gasteiger charge is 2.52. The molecule has 3 rings (SSSR count). The summed E-state index contributed by atoms with van der Waals surface area (Å²) in [6.07, 6.45) is 0.0531. The summed E-state index contributed by atoms with van der Waals surface area (Å²) in [6, 6.07) is 10.7. The smallest absolute Gasteiger partial charge is 0.446 e. The van der Waals surface area contributed by atoms with Crippen LogP contribution in [0.5, 0.6) is 11.5 Å². The summed E-state index contributed by atoms with van der Waals surface area (Å²) in [5.41, 5.74) is -2.89. The van der Waals surface area contributed by atoms with Crippen LogP contribution >= 0.6 is 11.8 Å². The van der Waals surface area contributed by atoms with Gasteiger partial charge in [0.15, 0.2) is 14.6 Å². The van der Waals surface area contributed by atoms with Gasteiger partial charge in [0.05, 0.1) is 4.90 Å². The number of nitrogens with one attached hydrogen (secondary N) is 1. The molecule has 7 nitrogen and oxygen atoms in total. The van der Waals surface area contributed by atoms with Crippen molar-refractivity contribution in [3.63, 3.8) is 0 Å². The Labute approximate surface area is 187 Å². The monoisotopic (exact) mass is 490 g/mol. The lowest BCUT2D eigenvalue weighted by molar-refractivity contribution is -0.133. The van der Waals surface area contributed by atoms with Crippen molar-refractivity contribution in [1.29, 1.82) is 0 Å². The van der Waals surface area contributed by atoms with E-state index in [0.29, 0.717) is 13.1 Å². The highest BCUT2D eigenvalue weighted by Crippen LogP contribution is 2.38. The summed E-state index contributed by atoms with van der Waals surface area (Å²) in [7, 11) is -2.32. The molecular weight excluding hydrogens is 469 g/mol. The fraction of sp³-hybridized carbons (Fsp3) is 0.350. The van der Waals surface area contributed by atoms with Crippen molar-refractivity contribution < 1.29 is 36.3 Å². The molecule has 0 atom stereocenters. The van der Waals surface area contributed by atoms with E-state index in [1.165, 1.54) is 54.0 Å². The highest BCUT2D eigenvalue weighted by atomic mass is 32.2. The number of hydroxylamine groups is 1. The second-order valence-electron chi connectivity index (χ2n) is 7.33. The van der Waals surface area contributed by atoms with Gasteiger partial charge in [-0.05, 0) is 93.3 Å². The standard InChI is InChI=1S/C20H21F3N2O5S2/c1-25-12-10-19(11-13-25,18(26)24-27)32(28,29)17-8-4-15(5-9-17)30-14-2-6-16(7-3-14)31-20(21,22)23/h2-9,27H,10-13H2,1H3,(H,24,26). The largest absolute Gasteiger partial charge is 0.457 e. The van der Waals surface area contributed by atoms with Crippen LogP contribution in [0.3, 0.4) is 0 Å². The van der Waals surface area contributed by atoms with Gasteiger partial charge in [0.25, 0.3) is 5.91 Å². The third kappa shape index (κ3) is 5.20. The molecule has 0 aliphatic carbocycles. The van der Waals surface area contributed by atoms with Gasteiger partial charge < -0.3 is 9.64 Å². The maximum absolute atomic E-state index is 13.3. The number of sulfone groups is 1. The minimum Gasteiger partial charge on any atom is -0.457 e. The van der Waals surface area contributed by atoms with Gasteiger partial charge in [-0.25, -0.2) is 13.9 Å². The number of halogens is 3. The second kappa shape index (κ2) is 9.30. The molecule has 0 spiro atoms. The van der Waals surface area contributed by atoms with Crippen LogP contribution in [-0.4, -0.2) is 54.8 Å². The normalized spacial score (nSPS) is 17.0. The van der Waals surface area contributed by atoms with Crippen LogP contribution < -0.4 is 10.2 Å². The molecule has 1 amide bonds. The Morgan fingerprint density at radius 1 is 1.06 bits per heavy atom. The van der Waals surface area contributed by atoms with Gasteiger partial charge in [-0.15, -0.1) is 0 Å². The Kier molecular flexibility index (Phi) is 7.08. The van der Waals surface area contributed by atoms with Gasteiger partial charge in [-0.3, -0.25) is 10.0 Å². The first-order valence-electron chi connectivity index (χ1n) is 9.48. The first-order chi connectivity index (χ1) is 15.0. The lowest BCUT2D eigenvalue weighted by atomic mass is 9.95. The fourth-order valence-electron chi connectivity index (χ4n) is 3.46. The van der Waals surface area contributed by atoms with E-state index >= 15 is 0 Å². The molecule has 0 radical (unpaired) electrons. The van der Waals surface area contributed by atoms with E-state index in [1.807, 2.05) is 11.9 Å². The lowest BCUT2D eigenvalue weighted by Crippen LogP contribution is -2.57. The van der Waals surface area contributed by atoms with Crippen molar-refractivity contribution in [2.75, 3.05) is 20.1 Å². The molecule has 32 heavy (non-hydrogen) atoms. The van der Waals surface area contributed by atoms with Crippen molar-refractivity contribution in [2.24, 2.45) is 0 Å². The average Bonchev–Trinajstić information content (AvgIpc) is 2.74. The number of hydrogen-bond acceptors (Lipinski definition) is 7. The Bertz CT molecular complexity index is 1050. The van der Waals surface area contributed by atoms with Crippen molar-refractivity contribution in [3.05, 3.63) is 48.5 Å². The van der Waals surface area contributed by atoms with Gasteiger partial charge in [0.2, 0.25) is 0 Å². The molecule has 1 heterocycles. The summed E-state index contributed by atoms with van der Waals surface area (Å²) in [4.78, 5) is 14.2. The number of piperidine rings is 1. The summed E-state index contributed by atoms with van der Waals surface area (Å²) in [6.45, 7) is 0.743. The highest BCUT2D eigenvalue weighted by molar-refractivity contribution is 8.00. The molecule has 0 unspecified atom stereocenters. The van der Waals surface area contributed by atoms with Gasteiger partial charge in [-0.1, -0.05) is 0 Å². The first-order valence-corrected chi connectivity index (χ1v) is 11.8. The zero-order valence-electron chi connectivity index (χ0n) is 16.9. The zero-order valence-corrected chi connectivity index (χ0v) is 18.6. The van der Waals surface area contributed by atoms with E-state index in [2.05, 4.69) is 0 Å². The Balaban J connectivity index is 1.79. The van der Waals surface area contributed by atoms with Crippen LogP contribution in [0.1, 0.15) is 12.8 Å². The predicted octanol–water partition coefficient (Wildman–Crippen LogP) is 3.83. The summed E-state index contributed by atoms with van der Waals surface area (Å²) in [5, 5.41) is 9.16. The molecular formula is C20H21F3N2O5S2. The van der Waals surface area contributed by atoms with E-state index in [9.17, 15) is 26.4 Å². The molecule has 2 aromatic carbocycles. The topological polar surface area (TPSA) is 95.9 Å². The number of ether oxygens (including phenoxy) is 1. The predicted molar refractivity (Wildman–Crippen MR) is 111 cm³/mol. The van der Waals surface area contributed by atoms with E-state index in [-0.39, 0.29) is 45.9 Å². The van der Waals surface area contributed by atoms with Crippen molar-refractivity contribution in [2.45, 2.75) is 32.9 Å². The van der Waals surface area contributed by atoms with E-state index in [4.69, 9.17) is 9.94 Å². The third-order valence-corrected chi connectivity index (χ3v) is 8.51. The number of benzene rings is 2. The van der Waals surface area contributed by atoms with Crippen LogP contribution in [0, 0.1) is 0 Å². The molecule has 1 aliphatic heterocycles. The number of rotatable bonds is 6. The molecule has 0 bridgehead atoms. The molecule has 2 N–H and O–H groups in total. The molecule has 0 aromatic heterocycles. The van der Waals surface area contributed by atoms with Gasteiger partial charge in [-0.2, -0.15) is 13.2 Å². The fourth-order valence-corrected chi connectivity index (χ4v) is 5.95. The quantitative estimate of drug-likeness (QED) is 0.361. The average molecular weight is 491 g/mol. The zero-order chi connectivity index (χ0) is 23.6. The summed E-state index contributed by atoms with van der Waals surface area (Å²) < 4.78 is 67.7. The Morgan fingerprint density at radius 3 is 2.03 bits per heavy atom. The molecule has 1 fully saturated rings. The minimum atomic E-state index is -4.39. The number of nitrogens with zero attached hydrogens (tertiary/aromatic N) is 1. The van der Waals surface area contributed by atoms with Crippen LogP contribution in [0.15, 0.2) is 58.3 Å². The van der Waals surface area contributed by atoms with Crippen molar-refractivity contribution in [1.82, 2.24) is 10.4 Å². The minimum absolute atomic E-state index is 0.0110. The first kappa shape index (κ1) is 24.4. The maximum atomic E-state index is 13.3. The maximum Gasteiger partial charge on any atom is 0.446 e. The number of alkyl halides is 3. The number of carbonyl (C=O) groups is 1. The molecule has 174 valence electrons. The second-order valence-corrected chi connectivity index (χ2v) is 10.7. The van der Waals surface area contributed by atoms with Crippen molar-refractivity contribution in [3.8, 4) is 11.5 Å². The van der Waals surface area contributed by atoms with E-state index in [0.717, 1.165) is 0 Å². The third-order valence-electron chi connectivity index (χ3n) is 5.25.